The number of carbonyl (C=O) groups is 1. The SMILES string of the molecule is CC(C)(C)OC(=O)N1CCC(CO[Si](C)(C)C(C)(C)C)(Cc2ncc(Cl)c(C#N)c2F)CC1. The molecule has 0 aromatic carbocycles. The molecule has 0 saturated carbocycles. The Morgan fingerprint density at radius 2 is 1.85 bits per heavy atom. The first-order valence-corrected chi connectivity index (χ1v) is 14.6. The fourth-order valence-corrected chi connectivity index (χ4v) is 4.77. The first-order chi connectivity index (χ1) is 15.0. The van der Waals surface area contributed by atoms with Crippen LogP contribution in [0, 0.1) is 22.6 Å². The van der Waals surface area contributed by atoms with Crippen LogP contribution < -0.4 is 0 Å². The number of pyridine rings is 1. The molecule has 6 nitrogen and oxygen atoms in total. The topological polar surface area (TPSA) is 75.4 Å². The number of nitriles is 1. The largest absolute Gasteiger partial charge is 0.444 e. The highest BCUT2D eigenvalue weighted by molar-refractivity contribution is 6.74. The van der Waals surface area contributed by atoms with E-state index in [1.807, 2.05) is 26.8 Å². The van der Waals surface area contributed by atoms with E-state index in [1.165, 1.54) is 6.20 Å². The van der Waals surface area contributed by atoms with Crippen LogP contribution in [0.3, 0.4) is 0 Å². The van der Waals surface area contributed by atoms with E-state index in [1.54, 1.807) is 4.90 Å². The van der Waals surface area contributed by atoms with Gasteiger partial charge in [0.25, 0.3) is 0 Å². The maximum Gasteiger partial charge on any atom is 0.410 e. The van der Waals surface area contributed by atoms with Gasteiger partial charge in [0.05, 0.1) is 10.7 Å². The molecule has 0 radical (unpaired) electrons. The van der Waals surface area contributed by atoms with Crippen molar-refractivity contribution in [3.05, 3.63) is 28.3 Å². The number of amides is 1. The number of halogens is 2. The van der Waals surface area contributed by atoms with Crippen LogP contribution in [-0.4, -0.2) is 49.6 Å². The summed E-state index contributed by atoms with van der Waals surface area (Å²) in [6, 6.07) is 1.83. The van der Waals surface area contributed by atoms with Gasteiger partial charge in [0, 0.05) is 37.7 Å². The van der Waals surface area contributed by atoms with Crippen LogP contribution in [0.15, 0.2) is 6.20 Å². The highest BCUT2D eigenvalue weighted by Gasteiger charge is 2.43. The van der Waals surface area contributed by atoms with Crippen molar-refractivity contribution in [1.29, 1.82) is 5.26 Å². The van der Waals surface area contributed by atoms with Crippen molar-refractivity contribution in [3.63, 3.8) is 0 Å². The number of carbonyl (C=O) groups excluding carboxylic acids is 1. The van der Waals surface area contributed by atoms with Gasteiger partial charge in [0.15, 0.2) is 14.1 Å². The van der Waals surface area contributed by atoms with E-state index in [0.29, 0.717) is 39.0 Å². The van der Waals surface area contributed by atoms with Gasteiger partial charge in [-0.05, 0) is 51.7 Å². The smallest absolute Gasteiger partial charge is 0.410 e. The fraction of sp³-hybridized carbons (Fsp3) is 0.708. The van der Waals surface area contributed by atoms with E-state index in [9.17, 15) is 10.1 Å². The maximum absolute atomic E-state index is 15.0. The van der Waals surface area contributed by atoms with Crippen LogP contribution in [0.5, 0.6) is 0 Å². The van der Waals surface area contributed by atoms with Gasteiger partial charge in [-0.1, -0.05) is 32.4 Å². The Morgan fingerprint density at radius 1 is 1.27 bits per heavy atom. The zero-order chi connectivity index (χ0) is 25.2. The number of rotatable bonds is 5. The molecule has 1 aliphatic rings. The molecule has 9 heteroatoms. The third-order valence-electron chi connectivity index (χ3n) is 6.72. The van der Waals surface area contributed by atoms with Crippen molar-refractivity contribution in [3.8, 4) is 6.07 Å². The molecule has 184 valence electrons. The van der Waals surface area contributed by atoms with Crippen LogP contribution in [0.25, 0.3) is 0 Å². The lowest BCUT2D eigenvalue weighted by Gasteiger charge is -2.45. The Morgan fingerprint density at radius 3 is 2.33 bits per heavy atom. The summed E-state index contributed by atoms with van der Waals surface area (Å²) in [5.74, 6) is -0.675. The molecule has 0 unspecified atom stereocenters. The second-order valence-electron chi connectivity index (χ2n) is 11.5. The normalized spacial score (nSPS) is 16.9. The standard InChI is InChI=1S/C24H37ClFN3O3Si/c1-22(2,3)32-21(30)29-11-9-24(10-12-29,16-31-33(7,8)23(4,5)6)13-19-20(26)17(14-27)18(25)15-28-19/h15H,9-13,16H2,1-8H3. The van der Waals surface area contributed by atoms with E-state index in [0.717, 1.165) is 0 Å². The van der Waals surface area contributed by atoms with Crippen molar-refractivity contribution in [1.82, 2.24) is 9.88 Å². The van der Waals surface area contributed by atoms with Crippen molar-refractivity contribution < 1.29 is 18.3 Å². The predicted octanol–water partition coefficient (Wildman–Crippen LogP) is 6.33. The number of piperidine rings is 1. The van der Waals surface area contributed by atoms with Crippen LogP contribution in [0.1, 0.15) is 65.6 Å². The number of aromatic nitrogens is 1. The van der Waals surface area contributed by atoms with Crippen molar-refractivity contribution in [2.24, 2.45) is 5.41 Å². The van der Waals surface area contributed by atoms with E-state index in [4.69, 9.17) is 20.8 Å². The molecule has 0 aliphatic carbocycles. The first kappa shape index (κ1) is 27.6. The molecule has 1 aromatic rings. The maximum atomic E-state index is 15.0. The van der Waals surface area contributed by atoms with Gasteiger partial charge < -0.3 is 14.1 Å². The lowest BCUT2D eigenvalue weighted by molar-refractivity contribution is 0.000769. The summed E-state index contributed by atoms with van der Waals surface area (Å²) in [5.41, 5.74) is -0.961. The Bertz CT molecular complexity index is 911. The van der Waals surface area contributed by atoms with Gasteiger partial charge in [-0.15, -0.1) is 0 Å². The second kappa shape index (κ2) is 9.89. The molecule has 0 N–H and O–H groups in total. The quantitative estimate of drug-likeness (QED) is 0.444. The molecule has 1 aliphatic heterocycles. The Hall–Kier alpha value is -1.69. The number of nitrogens with zero attached hydrogens (tertiary/aromatic N) is 3. The minimum absolute atomic E-state index is 0.00469. The van der Waals surface area contributed by atoms with Crippen molar-refractivity contribution in [2.45, 2.75) is 84.5 Å². The molecule has 0 atom stereocenters. The Balaban J connectivity index is 2.29. The van der Waals surface area contributed by atoms with Gasteiger partial charge in [0.2, 0.25) is 0 Å². The average Bonchev–Trinajstić information content (AvgIpc) is 2.68. The van der Waals surface area contributed by atoms with Gasteiger partial charge >= 0.3 is 6.09 Å². The molecule has 1 amide bonds. The third-order valence-corrected chi connectivity index (χ3v) is 11.5. The minimum Gasteiger partial charge on any atom is -0.444 e. The highest BCUT2D eigenvalue weighted by atomic mass is 35.5. The van der Waals surface area contributed by atoms with Gasteiger partial charge in [-0.3, -0.25) is 4.98 Å². The monoisotopic (exact) mass is 497 g/mol. The lowest BCUT2D eigenvalue weighted by Crippen LogP contribution is -2.50. The summed E-state index contributed by atoms with van der Waals surface area (Å²) in [5, 5.41) is 9.34. The fourth-order valence-electron chi connectivity index (χ4n) is 3.50. The molecular weight excluding hydrogens is 461 g/mol. The summed E-state index contributed by atoms with van der Waals surface area (Å²) >= 11 is 5.95. The van der Waals surface area contributed by atoms with Gasteiger partial charge in [-0.25, -0.2) is 9.18 Å². The van der Waals surface area contributed by atoms with Crippen molar-refractivity contribution >= 4 is 26.0 Å². The van der Waals surface area contributed by atoms with E-state index < -0.39 is 25.2 Å². The van der Waals surface area contributed by atoms with E-state index >= 15 is 4.39 Å². The summed E-state index contributed by atoms with van der Waals surface area (Å²) in [6.45, 7) is 17.8. The van der Waals surface area contributed by atoms with E-state index in [-0.39, 0.29) is 27.4 Å². The minimum atomic E-state index is -2.06. The van der Waals surface area contributed by atoms with Gasteiger partial charge in [0.1, 0.15) is 17.2 Å². The number of hydrogen-bond acceptors (Lipinski definition) is 5. The van der Waals surface area contributed by atoms with Crippen LogP contribution in [-0.2, 0) is 15.6 Å². The molecule has 1 saturated heterocycles. The summed E-state index contributed by atoms with van der Waals surface area (Å²) in [6.07, 6.45) is 2.53. The third kappa shape index (κ3) is 6.90. The Kier molecular flexibility index (Phi) is 8.26. The highest BCUT2D eigenvalue weighted by Crippen LogP contribution is 2.41. The summed E-state index contributed by atoms with van der Waals surface area (Å²) < 4.78 is 27.1. The first-order valence-electron chi connectivity index (χ1n) is 11.4. The molecule has 1 fully saturated rings. The molecule has 2 rings (SSSR count). The molecular formula is C24H37ClFN3O3Si. The van der Waals surface area contributed by atoms with Gasteiger partial charge in [-0.2, -0.15) is 5.26 Å². The molecule has 2 heterocycles. The lowest BCUT2D eigenvalue weighted by atomic mass is 9.75. The molecule has 0 spiro atoms. The summed E-state index contributed by atoms with van der Waals surface area (Å²) in [7, 11) is -2.06. The zero-order valence-corrected chi connectivity index (χ0v) is 22.9. The Labute approximate surface area is 203 Å². The van der Waals surface area contributed by atoms with E-state index in [2.05, 4.69) is 38.8 Å². The predicted molar refractivity (Wildman–Crippen MR) is 130 cm³/mol. The molecule has 0 bridgehead atoms. The van der Waals surface area contributed by atoms with Crippen LogP contribution in [0.2, 0.25) is 23.2 Å². The van der Waals surface area contributed by atoms with Crippen LogP contribution in [0.4, 0.5) is 9.18 Å². The zero-order valence-electron chi connectivity index (χ0n) is 21.1. The average molecular weight is 498 g/mol. The number of likely N-dealkylation sites (tertiary alicyclic amines) is 1. The molecule has 33 heavy (non-hydrogen) atoms. The number of ether oxygens (including phenoxy) is 1. The summed E-state index contributed by atoms with van der Waals surface area (Å²) in [4.78, 5) is 18.5. The molecule has 1 aromatic heterocycles. The van der Waals surface area contributed by atoms with Crippen LogP contribution >= 0.6 is 11.6 Å². The number of hydrogen-bond donors (Lipinski definition) is 0. The van der Waals surface area contributed by atoms with Crippen molar-refractivity contribution in [2.75, 3.05) is 19.7 Å². The second-order valence-corrected chi connectivity index (χ2v) is 16.8.